The first kappa shape index (κ1) is 13.3. The summed E-state index contributed by atoms with van der Waals surface area (Å²) >= 11 is 0. The lowest BCUT2D eigenvalue weighted by molar-refractivity contribution is -0.137. The number of rotatable bonds is 5. The highest BCUT2D eigenvalue weighted by molar-refractivity contribution is 4.80. The van der Waals surface area contributed by atoms with E-state index in [1.165, 1.54) is 25.8 Å². The van der Waals surface area contributed by atoms with Crippen LogP contribution in [0.25, 0.3) is 0 Å². The summed E-state index contributed by atoms with van der Waals surface area (Å²) < 4.78 is 11.3. The van der Waals surface area contributed by atoms with E-state index in [-0.39, 0.29) is 6.10 Å². The van der Waals surface area contributed by atoms with E-state index in [1.54, 1.807) is 0 Å². The van der Waals surface area contributed by atoms with Gasteiger partial charge in [0.25, 0.3) is 0 Å². The molecular formula is C13H26N2O2. The fourth-order valence-electron chi connectivity index (χ4n) is 2.66. The first-order chi connectivity index (χ1) is 8.05. The molecule has 2 aliphatic rings. The van der Waals surface area contributed by atoms with Crippen LogP contribution in [0.15, 0.2) is 0 Å². The van der Waals surface area contributed by atoms with Gasteiger partial charge in [0.2, 0.25) is 0 Å². The van der Waals surface area contributed by atoms with Gasteiger partial charge in [-0.25, -0.2) is 0 Å². The first-order valence-corrected chi connectivity index (χ1v) is 6.84. The Bertz CT molecular complexity index is 240. The molecular weight excluding hydrogens is 216 g/mol. The van der Waals surface area contributed by atoms with Crippen molar-refractivity contribution in [2.45, 2.75) is 64.0 Å². The van der Waals surface area contributed by atoms with E-state index < -0.39 is 5.79 Å². The van der Waals surface area contributed by atoms with E-state index >= 15 is 0 Å². The maximum atomic E-state index is 5.77. The van der Waals surface area contributed by atoms with Gasteiger partial charge in [-0.3, -0.25) is 0 Å². The Morgan fingerprint density at radius 3 is 2.88 bits per heavy atom. The molecule has 2 fully saturated rings. The molecule has 3 unspecified atom stereocenters. The van der Waals surface area contributed by atoms with Gasteiger partial charge in [-0.05, 0) is 46.6 Å². The van der Waals surface area contributed by atoms with Gasteiger partial charge in [-0.1, -0.05) is 0 Å². The second-order valence-electron chi connectivity index (χ2n) is 5.79. The maximum Gasteiger partial charge on any atom is 0.163 e. The molecule has 0 aromatic heterocycles. The Hall–Kier alpha value is -0.160. The minimum Gasteiger partial charge on any atom is -0.348 e. The van der Waals surface area contributed by atoms with Gasteiger partial charge >= 0.3 is 0 Å². The largest absolute Gasteiger partial charge is 0.348 e. The molecule has 17 heavy (non-hydrogen) atoms. The molecule has 3 atom stereocenters. The number of nitrogens with one attached hydrogen (secondary N) is 2. The topological polar surface area (TPSA) is 42.5 Å². The Morgan fingerprint density at radius 1 is 1.47 bits per heavy atom. The minimum atomic E-state index is -0.400. The zero-order chi connectivity index (χ0) is 12.3. The van der Waals surface area contributed by atoms with Crippen LogP contribution in [0.2, 0.25) is 0 Å². The van der Waals surface area contributed by atoms with Crippen molar-refractivity contribution in [1.82, 2.24) is 10.6 Å². The molecule has 0 aromatic rings. The molecule has 4 heteroatoms. The molecule has 2 rings (SSSR count). The highest BCUT2D eigenvalue weighted by Crippen LogP contribution is 2.21. The van der Waals surface area contributed by atoms with Crippen LogP contribution in [-0.4, -0.2) is 43.7 Å². The SMILES string of the molecule is CC(CC1CCCN1)NCC1COC(C)(C)O1. The zero-order valence-corrected chi connectivity index (χ0v) is 11.3. The summed E-state index contributed by atoms with van der Waals surface area (Å²) in [5, 5.41) is 7.08. The molecule has 2 heterocycles. The van der Waals surface area contributed by atoms with Gasteiger partial charge in [-0.2, -0.15) is 0 Å². The average molecular weight is 242 g/mol. The summed E-state index contributed by atoms with van der Waals surface area (Å²) in [6.45, 7) is 8.97. The summed E-state index contributed by atoms with van der Waals surface area (Å²) in [4.78, 5) is 0. The van der Waals surface area contributed by atoms with Crippen LogP contribution in [0, 0.1) is 0 Å². The molecule has 0 saturated carbocycles. The van der Waals surface area contributed by atoms with Crippen LogP contribution in [0.1, 0.15) is 40.0 Å². The van der Waals surface area contributed by atoms with Gasteiger partial charge < -0.3 is 20.1 Å². The molecule has 2 aliphatic heterocycles. The summed E-state index contributed by atoms with van der Waals surface area (Å²) in [6, 6.07) is 1.24. The Morgan fingerprint density at radius 2 is 2.29 bits per heavy atom. The molecule has 2 saturated heterocycles. The van der Waals surface area contributed by atoms with Crippen molar-refractivity contribution >= 4 is 0 Å². The third kappa shape index (κ3) is 4.21. The van der Waals surface area contributed by atoms with E-state index in [9.17, 15) is 0 Å². The van der Waals surface area contributed by atoms with Crippen molar-refractivity contribution in [2.24, 2.45) is 0 Å². The highest BCUT2D eigenvalue weighted by atomic mass is 16.7. The number of hydrogen-bond acceptors (Lipinski definition) is 4. The smallest absolute Gasteiger partial charge is 0.163 e. The van der Waals surface area contributed by atoms with Crippen molar-refractivity contribution < 1.29 is 9.47 Å². The first-order valence-electron chi connectivity index (χ1n) is 6.84. The van der Waals surface area contributed by atoms with Crippen molar-refractivity contribution in [2.75, 3.05) is 19.7 Å². The fourth-order valence-corrected chi connectivity index (χ4v) is 2.66. The van der Waals surface area contributed by atoms with Gasteiger partial charge in [0.05, 0.1) is 12.7 Å². The van der Waals surface area contributed by atoms with E-state index in [0.29, 0.717) is 18.7 Å². The quantitative estimate of drug-likeness (QED) is 0.761. The second kappa shape index (κ2) is 5.65. The molecule has 0 spiro atoms. The molecule has 0 radical (unpaired) electrons. The van der Waals surface area contributed by atoms with Gasteiger partial charge in [0.1, 0.15) is 0 Å². The minimum absolute atomic E-state index is 0.198. The third-order valence-electron chi connectivity index (χ3n) is 3.56. The van der Waals surface area contributed by atoms with Gasteiger partial charge in [0, 0.05) is 18.6 Å². The van der Waals surface area contributed by atoms with Crippen LogP contribution in [-0.2, 0) is 9.47 Å². The van der Waals surface area contributed by atoms with Crippen molar-refractivity contribution in [3.63, 3.8) is 0 Å². The summed E-state index contributed by atoms with van der Waals surface area (Å²) in [5.41, 5.74) is 0. The molecule has 2 N–H and O–H groups in total. The van der Waals surface area contributed by atoms with Crippen LogP contribution in [0.4, 0.5) is 0 Å². The lowest BCUT2D eigenvalue weighted by Crippen LogP contribution is -2.39. The molecule has 0 aliphatic carbocycles. The van der Waals surface area contributed by atoms with Crippen molar-refractivity contribution in [1.29, 1.82) is 0 Å². The standard InChI is InChI=1S/C13H26N2O2/c1-10(7-11-5-4-6-14-11)15-8-12-9-16-13(2,3)17-12/h10-12,14-15H,4-9H2,1-3H3. The lowest BCUT2D eigenvalue weighted by atomic mass is 10.1. The van der Waals surface area contributed by atoms with Gasteiger partial charge in [-0.15, -0.1) is 0 Å². The van der Waals surface area contributed by atoms with Crippen LogP contribution < -0.4 is 10.6 Å². The van der Waals surface area contributed by atoms with Crippen LogP contribution in [0.5, 0.6) is 0 Å². The molecule has 100 valence electrons. The van der Waals surface area contributed by atoms with Crippen LogP contribution in [0.3, 0.4) is 0 Å². The van der Waals surface area contributed by atoms with Crippen molar-refractivity contribution in [3.05, 3.63) is 0 Å². The van der Waals surface area contributed by atoms with E-state index in [0.717, 1.165) is 6.54 Å². The Labute approximate surface area is 104 Å². The van der Waals surface area contributed by atoms with E-state index in [2.05, 4.69) is 17.6 Å². The summed E-state index contributed by atoms with van der Waals surface area (Å²) in [7, 11) is 0. The molecule has 0 aromatic carbocycles. The summed E-state index contributed by atoms with van der Waals surface area (Å²) in [6.07, 6.45) is 4.05. The van der Waals surface area contributed by atoms with Crippen LogP contribution >= 0.6 is 0 Å². The lowest BCUT2D eigenvalue weighted by Gasteiger charge is -2.21. The van der Waals surface area contributed by atoms with Crippen molar-refractivity contribution in [3.8, 4) is 0 Å². The highest BCUT2D eigenvalue weighted by Gasteiger charge is 2.32. The molecule has 0 bridgehead atoms. The third-order valence-corrected chi connectivity index (χ3v) is 3.56. The normalized spacial score (nSPS) is 34.1. The summed E-state index contributed by atoms with van der Waals surface area (Å²) in [5.74, 6) is -0.400. The Balaban J connectivity index is 1.61. The molecule has 0 amide bonds. The van der Waals surface area contributed by atoms with E-state index in [4.69, 9.17) is 9.47 Å². The number of ether oxygens (including phenoxy) is 2. The Kier molecular flexibility index (Phi) is 4.42. The predicted octanol–water partition coefficient (Wildman–Crippen LogP) is 1.26. The fraction of sp³-hybridized carbons (Fsp3) is 1.00. The molecule has 4 nitrogen and oxygen atoms in total. The maximum absolute atomic E-state index is 5.77. The second-order valence-corrected chi connectivity index (χ2v) is 5.79. The monoisotopic (exact) mass is 242 g/mol. The average Bonchev–Trinajstić information content (AvgIpc) is 2.85. The number of hydrogen-bond donors (Lipinski definition) is 2. The zero-order valence-electron chi connectivity index (χ0n) is 11.3. The predicted molar refractivity (Wildman–Crippen MR) is 68.0 cm³/mol. The van der Waals surface area contributed by atoms with E-state index in [1.807, 2.05) is 13.8 Å². The van der Waals surface area contributed by atoms with Gasteiger partial charge in [0.15, 0.2) is 5.79 Å².